The molecule has 0 aliphatic carbocycles. The highest BCUT2D eigenvalue weighted by Gasteiger charge is 2.19. The lowest BCUT2D eigenvalue weighted by molar-refractivity contribution is 0.0690. The maximum Gasteiger partial charge on any atom is 0.353 e. The van der Waals surface area contributed by atoms with E-state index in [1.807, 2.05) is 19.1 Å². The molecule has 0 saturated heterocycles. The van der Waals surface area contributed by atoms with Crippen LogP contribution in [0.2, 0.25) is 0 Å². The number of benzene rings is 1. The van der Waals surface area contributed by atoms with Gasteiger partial charge in [-0.15, -0.1) is 0 Å². The molecule has 106 valence electrons. The number of nitrogens with one attached hydrogen (secondary N) is 1. The maximum atomic E-state index is 11.0. The van der Waals surface area contributed by atoms with Crippen LogP contribution in [0.4, 0.5) is 0 Å². The van der Waals surface area contributed by atoms with Gasteiger partial charge in [0.25, 0.3) is 0 Å². The molecule has 20 heavy (non-hydrogen) atoms. The van der Waals surface area contributed by atoms with Crippen LogP contribution in [0.25, 0.3) is 11.3 Å². The van der Waals surface area contributed by atoms with E-state index >= 15 is 0 Å². The number of carbonyl (C=O) groups is 1. The van der Waals surface area contributed by atoms with Crippen molar-refractivity contribution in [2.75, 3.05) is 7.11 Å². The number of methoxy groups -OCH3 is 1. The molecular formula is C15H18N2O3. The zero-order chi connectivity index (χ0) is 14.9. The third kappa shape index (κ3) is 2.39. The standard InChI is InChI=1S/C15H18N2O3/c1-8(2)10-6-5-9(3)13(14(10)20-4)11-7-12(15(18)19)17-16-11/h5-8H,1-4H3,(H,16,17)(H,18,19). The summed E-state index contributed by atoms with van der Waals surface area (Å²) in [5.41, 5.74) is 3.56. The Hall–Kier alpha value is -2.30. The van der Waals surface area contributed by atoms with Gasteiger partial charge in [-0.25, -0.2) is 4.79 Å². The van der Waals surface area contributed by atoms with Gasteiger partial charge in [0.05, 0.1) is 12.8 Å². The number of aromatic carboxylic acids is 1. The fourth-order valence-electron chi connectivity index (χ4n) is 2.25. The van der Waals surface area contributed by atoms with Gasteiger partial charge in [-0.3, -0.25) is 5.10 Å². The maximum absolute atomic E-state index is 11.0. The third-order valence-corrected chi connectivity index (χ3v) is 3.29. The number of hydrogen-bond acceptors (Lipinski definition) is 3. The third-order valence-electron chi connectivity index (χ3n) is 3.29. The monoisotopic (exact) mass is 274 g/mol. The van der Waals surface area contributed by atoms with E-state index in [0.717, 1.165) is 22.4 Å². The van der Waals surface area contributed by atoms with Crippen LogP contribution in [0.15, 0.2) is 18.2 Å². The van der Waals surface area contributed by atoms with E-state index in [9.17, 15) is 4.79 Å². The van der Waals surface area contributed by atoms with Crippen LogP contribution in [0.1, 0.15) is 41.4 Å². The molecule has 0 radical (unpaired) electrons. The fraction of sp³-hybridized carbons (Fsp3) is 0.333. The number of carboxylic acid groups (broad SMARTS) is 1. The van der Waals surface area contributed by atoms with Gasteiger partial charge in [0.2, 0.25) is 0 Å². The lowest BCUT2D eigenvalue weighted by Crippen LogP contribution is -1.99. The number of carboxylic acids is 1. The van der Waals surface area contributed by atoms with Gasteiger partial charge < -0.3 is 9.84 Å². The van der Waals surface area contributed by atoms with Gasteiger partial charge >= 0.3 is 5.97 Å². The Balaban J connectivity index is 2.65. The Labute approximate surface area is 117 Å². The molecule has 0 spiro atoms. The molecule has 2 N–H and O–H groups in total. The molecule has 0 fully saturated rings. The van der Waals surface area contributed by atoms with Gasteiger partial charge in [0.1, 0.15) is 11.4 Å². The highest BCUT2D eigenvalue weighted by atomic mass is 16.5. The van der Waals surface area contributed by atoms with Crippen molar-refractivity contribution in [3.8, 4) is 17.0 Å². The van der Waals surface area contributed by atoms with Crippen LogP contribution in [0.5, 0.6) is 5.75 Å². The summed E-state index contributed by atoms with van der Waals surface area (Å²) < 4.78 is 5.54. The SMILES string of the molecule is COc1c(C(C)C)ccc(C)c1-c1cc(C(=O)O)[nH]n1. The predicted octanol–water partition coefficient (Wildman–Crippen LogP) is 3.22. The summed E-state index contributed by atoms with van der Waals surface area (Å²) in [5, 5.41) is 15.6. The number of H-pyrrole nitrogens is 1. The first kappa shape index (κ1) is 14.1. The van der Waals surface area contributed by atoms with E-state index < -0.39 is 5.97 Å². The fourth-order valence-corrected chi connectivity index (χ4v) is 2.25. The second-order valence-electron chi connectivity index (χ2n) is 5.01. The van der Waals surface area contributed by atoms with E-state index in [1.165, 1.54) is 6.07 Å². The van der Waals surface area contributed by atoms with Crippen LogP contribution in [0.3, 0.4) is 0 Å². The number of aromatic amines is 1. The van der Waals surface area contributed by atoms with Crippen LogP contribution in [-0.2, 0) is 0 Å². The van der Waals surface area contributed by atoms with Gasteiger partial charge in [0.15, 0.2) is 0 Å². The topological polar surface area (TPSA) is 75.2 Å². The Morgan fingerprint density at radius 1 is 1.40 bits per heavy atom. The molecule has 1 heterocycles. The van der Waals surface area contributed by atoms with E-state index in [-0.39, 0.29) is 5.69 Å². The van der Waals surface area contributed by atoms with Crippen molar-refractivity contribution in [1.29, 1.82) is 0 Å². The Kier molecular flexibility index (Phi) is 3.79. The first-order chi connectivity index (χ1) is 9.45. The largest absolute Gasteiger partial charge is 0.496 e. The van der Waals surface area contributed by atoms with Gasteiger partial charge in [-0.2, -0.15) is 5.10 Å². The summed E-state index contributed by atoms with van der Waals surface area (Å²) >= 11 is 0. The molecule has 0 atom stereocenters. The van der Waals surface area contributed by atoms with Gasteiger partial charge in [-0.05, 0) is 30.0 Å². The molecule has 5 nitrogen and oxygen atoms in total. The summed E-state index contributed by atoms with van der Waals surface area (Å²) in [7, 11) is 1.62. The van der Waals surface area contributed by atoms with E-state index in [1.54, 1.807) is 7.11 Å². The minimum atomic E-state index is -1.03. The highest BCUT2D eigenvalue weighted by Crippen LogP contribution is 2.38. The van der Waals surface area contributed by atoms with E-state index in [2.05, 4.69) is 24.0 Å². The number of rotatable bonds is 4. The molecule has 1 aromatic carbocycles. The van der Waals surface area contributed by atoms with E-state index in [0.29, 0.717) is 11.6 Å². The molecule has 0 aliphatic rings. The lowest BCUT2D eigenvalue weighted by Gasteiger charge is -2.17. The molecule has 5 heteroatoms. The van der Waals surface area contributed by atoms with Crippen molar-refractivity contribution in [3.63, 3.8) is 0 Å². The van der Waals surface area contributed by atoms with Gasteiger partial charge in [-0.1, -0.05) is 26.0 Å². The first-order valence-electron chi connectivity index (χ1n) is 6.42. The molecule has 2 rings (SSSR count). The number of nitrogens with zero attached hydrogens (tertiary/aromatic N) is 1. The number of aryl methyl sites for hydroxylation is 1. The summed E-state index contributed by atoms with van der Waals surface area (Å²) in [6.45, 7) is 6.13. The van der Waals surface area contributed by atoms with Crippen LogP contribution < -0.4 is 4.74 Å². The minimum absolute atomic E-state index is 0.0661. The van der Waals surface area contributed by atoms with E-state index in [4.69, 9.17) is 9.84 Å². The first-order valence-corrected chi connectivity index (χ1v) is 6.42. The molecular weight excluding hydrogens is 256 g/mol. The Bertz CT molecular complexity index is 645. The lowest BCUT2D eigenvalue weighted by atomic mass is 9.94. The Morgan fingerprint density at radius 3 is 2.60 bits per heavy atom. The summed E-state index contributed by atoms with van der Waals surface area (Å²) in [4.78, 5) is 11.0. The smallest absolute Gasteiger partial charge is 0.353 e. The second-order valence-corrected chi connectivity index (χ2v) is 5.01. The predicted molar refractivity (Wildman–Crippen MR) is 76.4 cm³/mol. The Morgan fingerprint density at radius 2 is 2.10 bits per heavy atom. The zero-order valence-corrected chi connectivity index (χ0v) is 12.0. The number of hydrogen-bond donors (Lipinski definition) is 2. The van der Waals surface area contributed by atoms with Crippen LogP contribution >= 0.6 is 0 Å². The summed E-state index contributed by atoms with van der Waals surface area (Å²) in [6.07, 6.45) is 0. The highest BCUT2D eigenvalue weighted by molar-refractivity contribution is 5.87. The van der Waals surface area contributed by atoms with Crippen LogP contribution in [-0.4, -0.2) is 28.4 Å². The summed E-state index contributed by atoms with van der Waals surface area (Å²) in [5.74, 6) is 0.0333. The normalized spacial score (nSPS) is 10.8. The van der Waals surface area contributed by atoms with Gasteiger partial charge in [0, 0.05) is 5.56 Å². The molecule has 0 amide bonds. The van der Waals surface area contributed by atoms with Crippen molar-refractivity contribution in [3.05, 3.63) is 35.0 Å². The van der Waals surface area contributed by atoms with Crippen molar-refractivity contribution >= 4 is 5.97 Å². The van der Waals surface area contributed by atoms with Crippen molar-refractivity contribution in [2.24, 2.45) is 0 Å². The zero-order valence-electron chi connectivity index (χ0n) is 12.0. The minimum Gasteiger partial charge on any atom is -0.496 e. The molecule has 2 aromatic rings. The van der Waals surface area contributed by atoms with Crippen molar-refractivity contribution < 1.29 is 14.6 Å². The molecule has 0 aliphatic heterocycles. The van der Waals surface area contributed by atoms with Crippen molar-refractivity contribution in [1.82, 2.24) is 10.2 Å². The average molecular weight is 274 g/mol. The molecule has 0 bridgehead atoms. The second kappa shape index (κ2) is 5.36. The number of ether oxygens (including phenoxy) is 1. The molecule has 0 saturated carbocycles. The van der Waals surface area contributed by atoms with Crippen LogP contribution in [0, 0.1) is 6.92 Å². The molecule has 0 unspecified atom stereocenters. The number of aromatic nitrogens is 2. The quantitative estimate of drug-likeness (QED) is 0.897. The molecule has 1 aromatic heterocycles. The van der Waals surface area contributed by atoms with Crippen molar-refractivity contribution in [2.45, 2.75) is 26.7 Å². The average Bonchev–Trinajstić information content (AvgIpc) is 2.87. The summed E-state index contributed by atoms with van der Waals surface area (Å²) in [6, 6.07) is 5.56.